The molecule has 28 heavy (non-hydrogen) atoms. The number of aryl methyl sites for hydroxylation is 1. The first kappa shape index (κ1) is 18.2. The number of amides is 2. The molecule has 1 fully saturated rings. The van der Waals surface area contributed by atoms with Crippen molar-refractivity contribution in [3.63, 3.8) is 0 Å². The SMILES string of the molecule is Cn1cc(C(=O)NCC2CCN(C(=O)c3ccc4ccccc4c3)CC2)cn1. The number of carbonyl (C=O) groups excluding carboxylic acids is 2. The second-order valence-corrected chi connectivity index (χ2v) is 7.41. The molecule has 4 rings (SSSR count). The summed E-state index contributed by atoms with van der Waals surface area (Å²) in [4.78, 5) is 26.9. The summed E-state index contributed by atoms with van der Waals surface area (Å²) >= 11 is 0. The highest BCUT2D eigenvalue weighted by Crippen LogP contribution is 2.21. The number of hydrogen-bond acceptors (Lipinski definition) is 3. The van der Waals surface area contributed by atoms with Gasteiger partial charge in [0.1, 0.15) is 0 Å². The van der Waals surface area contributed by atoms with Crippen molar-refractivity contribution in [2.45, 2.75) is 12.8 Å². The lowest BCUT2D eigenvalue weighted by Gasteiger charge is -2.32. The van der Waals surface area contributed by atoms with Crippen LogP contribution in [0.1, 0.15) is 33.6 Å². The molecule has 3 aromatic rings. The van der Waals surface area contributed by atoms with Crippen LogP contribution in [0.25, 0.3) is 10.8 Å². The van der Waals surface area contributed by atoms with Gasteiger partial charge in [0.15, 0.2) is 0 Å². The van der Waals surface area contributed by atoms with Crippen LogP contribution >= 0.6 is 0 Å². The van der Waals surface area contributed by atoms with Crippen LogP contribution in [0.5, 0.6) is 0 Å². The molecule has 0 atom stereocenters. The Hall–Kier alpha value is -3.15. The Balaban J connectivity index is 1.30. The fourth-order valence-corrected chi connectivity index (χ4v) is 3.72. The Morgan fingerprint density at radius 2 is 1.82 bits per heavy atom. The van der Waals surface area contributed by atoms with Crippen LogP contribution < -0.4 is 5.32 Å². The van der Waals surface area contributed by atoms with Crippen molar-refractivity contribution < 1.29 is 9.59 Å². The number of rotatable bonds is 4. The third-order valence-corrected chi connectivity index (χ3v) is 5.42. The van der Waals surface area contributed by atoms with Crippen LogP contribution in [0, 0.1) is 5.92 Å². The van der Waals surface area contributed by atoms with Gasteiger partial charge in [-0.3, -0.25) is 14.3 Å². The number of hydrogen-bond donors (Lipinski definition) is 1. The van der Waals surface area contributed by atoms with E-state index < -0.39 is 0 Å². The zero-order valence-corrected chi connectivity index (χ0v) is 16.0. The molecule has 6 heteroatoms. The number of aromatic nitrogens is 2. The van der Waals surface area contributed by atoms with Crippen LogP contribution in [0.3, 0.4) is 0 Å². The Morgan fingerprint density at radius 3 is 2.54 bits per heavy atom. The van der Waals surface area contributed by atoms with E-state index in [0.29, 0.717) is 18.0 Å². The Labute approximate surface area is 164 Å². The Bertz CT molecular complexity index is 1000. The quantitative estimate of drug-likeness (QED) is 0.761. The topological polar surface area (TPSA) is 67.2 Å². The number of benzene rings is 2. The predicted molar refractivity (Wildman–Crippen MR) is 108 cm³/mol. The van der Waals surface area contributed by atoms with Crippen molar-refractivity contribution in [1.82, 2.24) is 20.0 Å². The zero-order valence-electron chi connectivity index (χ0n) is 16.0. The van der Waals surface area contributed by atoms with Crippen LogP contribution in [0.2, 0.25) is 0 Å². The number of likely N-dealkylation sites (tertiary alicyclic amines) is 1. The fourth-order valence-electron chi connectivity index (χ4n) is 3.72. The van der Waals surface area contributed by atoms with Crippen molar-refractivity contribution in [3.05, 3.63) is 66.0 Å². The van der Waals surface area contributed by atoms with Crippen LogP contribution in [0.4, 0.5) is 0 Å². The van der Waals surface area contributed by atoms with Gasteiger partial charge in [-0.1, -0.05) is 30.3 Å². The molecule has 1 aromatic heterocycles. The maximum absolute atomic E-state index is 12.9. The second kappa shape index (κ2) is 7.84. The highest BCUT2D eigenvalue weighted by molar-refractivity contribution is 5.98. The summed E-state index contributed by atoms with van der Waals surface area (Å²) in [5.74, 6) is 0.382. The first-order valence-electron chi connectivity index (χ1n) is 9.65. The smallest absolute Gasteiger partial charge is 0.254 e. The highest BCUT2D eigenvalue weighted by Gasteiger charge is 2.24. The minimum atomic E-state index is -0.0947. The summed E-state index contributed by atoms with van der Waals surface area (Å²) < 4.78 is 1.62. The number of piperidine rings is 1. The summed E-state index contributed by atoms with van der Waals surface area (Å²) in [5, 5.41) is 9.23. The zero-order chi connectivity index (χ0) is 19.5. The Morgan fingerprint density at radius 1 is 1.07 bits per heavy atom. The summed E-state index contributed by atoms with van der Waals surface area (Å²) in [7, 11) is 1.79. The average Bonchev–Trinajstić information content (AvgIpc) is 3.18. The van der Waals surface area contributed by atoms with Gasteiger partial charge in [0, 0.05) is 38.4 Å². The highest BCUT2D eigenvalue weighted by atomic mass is 16.2. The lowest BCUT2D eigenvalue weighted by Crippen LogP contribution is -2.41. The first-order valence-corrected chi connectivity index (χ1v) is 9.65. The maximum Gasteiger partial charge on any atom is 0.254 e. The normalized spacial score (nSPS) is 15.0. The summed E-state index contributed by atoms with van der Waals surface area (Å²) in [6.07, 6.45) is 5.07. The molecule has 0 aliphatic carbocycles. The second-order valence-electron chi connectivity index (χ2n) is 7.41. The Kier molecular flexibility index (Phi) is 5.10. The van der Waals surface area contributed by atoms with E-state index >= 15 is 0 Å². The summed E-state index contributed by atoms with van der Waals surface area (Å²) in [6, 6.07) is 14.0. The van der Waals surface area contributed by atoms with Gasteiger partial charge in [-0.2, -0.15) is 5.10 Å². The number of carbonyl (C=O) groups is 2. The molecular formula is C22H24N4O2. The lowest BCUT2D eigenvalue weighted by molar-refractivity contribution is 0.0684. The van der Waals surface area contributed by atoms with E-state index in [1.165, 1.54) is 0 Å². The minimum absolute atomic E-state index is 0.0867. The molecule has 0 bridgehead atoms. The van der Waals surface area contributed by atoms with Gasteiger partial charge in [0.2, 0.25) is 0 Å². The molecule has 1 aliphatic heterocycles. The van der Waals surface area contributed by atoms with Gasteiger partial charge in [-0.05, 0) is 41.7 Å². The van der Waals surface area contributed by atoms with E-state index in [9.17, 15) is 9.59 Å². The fraction of sp³-hybridized carbons (Fsp3) is 0.318. The van der Waals surface area contributed by atoms with Crippen molar-refractivity contribution in [2.24, 2.45) is 13.0 Å². The summed E-state index contributed by atoms with van der Waals surface area (Å²) in [6.45, 7) is 2.07. The van der Waals surface area contributed by atoms with Crippen molar-refractivity contribution in [2.75, 3.05) is 19.6 Å². The molecule has 1 aliphatic rings. The molecule has 0 radical (unpaired) electrons. The van der Waals surface area contributed by atoms with Crippen molar-refractivity contribution in [1.29, 1.82) is 0 Å². The average molecular weight is 376 g/mol. The van der Waals surface area contributed by atoms with E-state index in [0.717, 1.165) is 42.3 Å². The summed E-state index contributed by atoms with van der Waals surface area (Å²) in [5.41, 5.74) is 1.31. The number of fused-ring (bicyclic) bond motifs is 1. The molecule has 0 unspecified atom stereocenters. The van der Waals surface area contributed by atoms with Crippen LogP contribution in [-0.2, 0) is 7.05 Å². The number of nitrogens with one attached hydrogen (secondary N) is 1. The molecule has 1 saturated heterocycles. The van der Waals surface area contributed by atoms with Gasteiger partial charge in [-0.15, -0.1) is 0 Å². The van der Waals surface area contributed by atoms with Gasteiger partial charge in [0.05, 0.1) is 11.8 Å². The molecular weight excluding hydrogens is 352 g/mol. The molecule has 2 amide bonds. The third kappa shape index (κ3) is 3.91. The van der Waals surface area contributed by atoms with Crippen molar-refractivity contribution >= 4 is 22.6 Å². The van der Waals surface area contributed by atoms with Crippen LogP contribution in [0.15, 0.2) is 54.9 Å². The number of nitrogens with zero attached hydrogens (tertiary/aromatic N) is 3. The van der Waals surface area contributed by atoms with Crippen molar-refractivity contribution in [3.8, 4) is 0 Å². The van der Waals surface area contributed by atoms with Gasteiger partial charge in [0.25, 0.3) is 11.8 Å². The molecule has 0 spiro atoms. The minimum Gasteiger partial charge on any atom is -0.352 e. The largest absolute Gasteiger partial charge is 0.352 e. The van der Waals surface area contributed by atoms with E-state index in [1.807, 2.05) is 41.3 Å². The van der Waals surface area contributed by atoms with Gasteiger partial charge < -0.3 is 10.2 Å². The molecule has 6 nitrogen and oxygen atoms in total. The van der Waals surface area contributed by atoms with Gasteiger partial charge in [-0.25, -0.2) is 0 Å². The van der Waals surface area contributed by atoms with E-state index in [1.54, 1.807) is 24.1 Å². The van der Waals surface area contributed by atoms with E-state index in [-0.39, 0.29) is 11.8 Å². The molecule has 0 saturated carbocycles. The standard InChI is InChI=1S/C22H24N4O2/c1-25-15-20(14-24-25)21(27)23-13-16-8-10-26(11-9-16)22(28)19-7-6-17-4-2-3-5-18(17)12-19/h2-7,12,14-16H,8-11,13H2,1H3,(H,23,27). The van der Waals surface area contributed by atoms with Crippen LogP contribution in [-0.4, -0.2) is 46.1 Å². The van der Waals surface area contributed by atoms with E-state index in [4.69, 9.17) is 0 Å². The monoisotopic (exact) mass is 376 g/mol. The van der Waals surface area contributed by atoms with E-state index in [2.05, 4.69) is 16.5 Å². The molecule has 2 aromatic carbocycles. The maximum atomic E-state index is 12.9. The molecule has 144 valence electrons. The first-order chi connectivity index (χ1) is 13.6. The predicted octanol–water partition coefficient (Wildman–Crippen LogP) is 2.86. The lowest BCUT2D eigenvalue weighted by atomic mass is 9.96. The van der Waals surface area contributed by atoms with Gasteiger partial charge >= 0.3 is 0 Å². The third-order valence-electron chi connectivity index (χ3n) is 5.42. The molecule has 2 heterocycles. The molecule has 1 N–H and O–H groups in total.